The van der Waals surface area contributed by atoms with Gasteiger partial charge in [-0.15, -0.1) is 0 Å². The van der Waals surface area contributed by atoms with Crippen LogP contribution in [0.25, 0.3) is 0 Å². The van der Waals surface area contributed by atoms with E-state index in [0.717, 1.165) is 43.3 Å². The first kappa shape index (κ1) is 14.4. The smallest absolute Gasteiger partial charge is 0.0643 e. The van der Waals surface area contributed by atoms with E-state index in [1.165, 1.54) is 16.7 Å². The second kappa shape index (κ2) is 6.50. The van der Waals surface area contributed by atoms with Gasteiger partial charge in [-0.05, 0) is 41.8 Å². The van der Waals surface area contributed by atoms with Crippen LogP contribution in [0.1, 0.15) is 30.0 Å². The van der Waals surface area contributed by atoms with Crippen LogP contribution in [0.15, 0.2) is 42.5 Å². The van der Waals surface area contributed by atoms with Crippen molar-refractivity contribution in [1.82, 2.24) is 5.32 Å². The van der Waals surface area contributed by atoms with Crippen LogP contribution in [0.5, 0.6) is 0 Å². The van der Waals surface area contributed by atoms with Gasteiger partial charge in [0, 0.05) is 19.6 Å². The summed E-state index contributed by atoms with van der Waals surface area (Å²) in [4.78, 5) is 2.34. The van der Waals surface area contributed by atoms with Crippen molar-refractivity contribution in [2.24, 2.45) is 0 Å². The molecule has 0 saturated heterocycles. The fourth-order valence-corrected chi connectivity index (χ4v) is 3.15. The Morgan fingerprint density at radius 1 is 1.10 bits per heavy atom. The quantitative estimate of drug-likeness (QED) is 0.825. The van der Waals surface area contributed by atoms with Crippen molar-refractivity contribution in [2.75, 3.05) is 11.4 Å². The third kappa shape index (κ3) is 3.22. The van der Waals surface area contributed by atoms with E-state index in [4.69, 9.17) is 11.6 Å². The molecule has 3 heteroatoms. The lowest BCUT2D eigenvalue weighted by atomic mass is 10.1. The largest absolute Gasteiger partial charge is 0.362 e. The maximum atomic E-state index is 6.50. The van der Waals surface area contributed by atoms with Crippen molar-refractivity contribution in [1.29, 1.82) is 0 Å². The van der Waals surface area contributed by atoms with Crippen molar-refractivity contribution in [2.45, 2.75) is 33.0 Å². The normalized spacial score (nSPS) is 13.5. The highest BCUT2D eigenvalue weighted by Crippen LogP contribution is 2.33. The van der Waals surface area contributed by atoms with Gasteiger partial charge < -0.3 is 10.2 Å². The molecular formula is C18H21ClN2. The standard InChI is InChI=1S/C18H21ClN2/c1-2-9-20-11-14-7-8-18(17(19)10-14)21-12-15-5-3-4-6-16(15)13-21/h3-8,10,20H,2,9,11-13H2,1H3. The van der Waals surface area contributed by atoms with Gasteiger partial charge in [-0.2, -0.15) is 0 Å². The first-order valence-electron chi connectivity index (χ1n) is 7.59. The average molecular weight is 301 g/mol. The van der Waals surface area contributed by atoms with E-state index < -0.39 is 0 Å². The number of benzene rings is 2. The molecule has 2 aromatic rings. The highest BCUT2D eigenvalue weighted by Gasteiger charge is 2.20. The lowest BCUT2D eigenvalue weighted by molar-refractivity contribution is 0.675. The van der Waals surface area contributed by atoms with Crippen LogP contribution >= 0.6 is 11.6 Å². The first-order valence-corrected chi connectivity index (χ1v) is 7.96. The summed E-state index contributed by atoms with van der Waals surface area (Å²) >= 11 is 6.50. The van der Waals surface area contributed by atoms with Crippen molar-refractivity contribution in [3.63, 3.8) is 0 Å². The summed E-state index contributed by atoms with van der Waals surface area (Å²) in [7, 11) is 0. The maximum absolute atomic E-state index is 6.50. The van der Waals surface area contributed by atoms with E-state index in [2.05, 4.69) is 59.6 Å². The monoisotopic (exact) mass is 300 g/mol. The van der Waals surface area contributed by atoms with Gasteiger partial charge in [0.05, 0.1) is 10.7 Å². The zero-order valence-electron chi connectivity index (χ0n) is 12.4. The predicted molar refractivity (Wildman–Crippen MR) is 89.8 cm³/mol. The summed E-state index contributed by atoms with van der Waals surface area (Å²) in [5.74, 6) is 0. The molecule has 0 fully saturated rings. The number of anilines is 1. The molecule has 0 bridgehead atoms. The molecule has 0 aliphatic carbocycles. The van der Waals surface area contributed by atoms with Crippen molar-refractivity contribution in [3.05, 3.63) is 64.2 Å². The fraction of sp³-hybridized carbons (Fsp3) is 0.333. The van der Waals surface area contributed by atoms with Crippen LogP contribution in [-0.2, 0) is 19.6 Å². The lowest BCUT2D eigenvalue weighted by Gasteiger charge is -2.20. The fourth-order valence-electron chi connectivity index (χ4n) is 2.83. The Kier molecular flexibility index (Phi) is 4.47. The minimum absolute atomic E-state index is 0.846. The van der Waals surface area contributed by atoms with Gasteiger partial charge in [0.15, 0.2) is 0 Å². The van der Waals surface area contributed by atoms with E-state index in [1.54, 1.807) is 0 Å². The Balaban J connectivity index is 1.72. The van der Waals surface area contributed by atoms with Gasteiger partial charge in [0.2, 0.25) is 0 Å². The van der Waals surface area contributed by atoms with E-state index in [9.17, 15) is 0 Å². The molecule has 21 heavy (non-hydrogen) atoms. The van der Waals surface area contributed by atoms with Crippen LogP contribution in [0, 0.1) is 0 Å². The van der Waals surface area contributed by atoms with Crippen molar-refractivity contribution >= 4 is 17.3 Å². The maximum Gasteiger partial charge on any atom is 0.0643 e. The zero-order valence-corrected chi connectivity index (χ0v) is 13.2. The molecule has 0 atom stereocenters. The van der Waals surface area contributed by atoms with Gasteiger partial charge in [-0.3, -0.25) is 0 Å². The molecule has 2 nitrogen and oxygen atoms in total. The zero-order chi connectivity index (χ0) is 14.7. The topological polar surface area (TPSA) is 15.3 Å². The van der Waals surface area contributed by atoms with E-state index in [-0.39, 0.29) is 0 Å². The van der Waals surface area contributed by atoms with E-state index in [1.807, 2.05) is 0 Å². The molecule has 1 aliphatic heterocycles. The van der Waals surface area contributed by atoms with Crippen molar-refractivity contribution in [3.8, 4) is 0 Å². The Labute approximate surface area is 131 Å². The van der Waals surface area contributed by atoms with Gasteiger partial charge in [0.1, 0.15) is 0 Å². The number of rotatable bonds is 5. The number of nitrogens with one attached hydrogen (secondary N) is 1. The summed E-state index contributed by atoms with van der Waals surface area (Å²) in [5.41, 5.74) is 5.19. The second-order valence-electron chi connectivity index (χ2n) is 5.59. The molecule has 1 N–H and O–H groups in total. The highest BCUT2D eigenvalue weighted by atomic mass is 35.5. The molecule has 3 rings (SSSR count). The Bertz CT molecular complexity index is 599. The third-order valence-corrected chi connectivity index (χ3v) is 4.25. The van der Waals surface area contributed by atoms with Crippen LogP contribution in [0.4, 0.5) is 5.69 Å². The summed E-state index contributed by atoms with van der Waals surface area (Å²) in [6, 6.07) is 15.0. The predicted octanol–water partition coefficient (Wildman–Crippen LogP) is 4.36. The van der Waals surface area contributed by atoms with Crippen LogP contribution in [-0.4, -0.2) is 6.54 Å². The molecule has 0 spiro atoms. The Morgan fingerprint density at radius 2 is 1.81 bits per heavy atom. The molecule has 0 aromatic heterocycles. The summed E-state index contributed by atoms with van der Waals surface area (Å²) in [6.45, 7) is 6.00. The average Bonchev–Trinajstić information content (AvgIpc) is 2.91. The van der Waals surface area contributed by atoms with Crippen LogP contribution < -0.4 is 10.2 Å². The van der Waals surface area contributed by atoms with E-state index >= 15 is 0 Å². The molecule has 1 heterocycles. The molecule has 1 aliphatic rings. The minimum Gasteiger partial charge on any atom is -0.362 e. The molecule has 0 unspecified atom stereocenters. The van der Waals surface area contributed by atoms with Gasteiger partial charge in [0.25, 0.3) is 0 Å². The summed E-state index contributed by atoms with van der Waals surface area (Å²) in [6.07, 6.45) is 1.15. The molecule has 2 aromatic carbocycles. The van der Waals surface area contributed by atoms with Crippen LogP contribution in [0.2, 0.25) is 5.02 Å². The number of halogens is 1. The number of fused-ring (bicyclic) bond motifs is 1. The highest BCUT2D eigenvalue weighted by molar-refractivity contribution is 6.33. The number of nitrogens with zero attached hydrogens (tertiary/aromatic N) is 1. The van der Waals surface area contributed by atoms with Crippen molar-refractivity contribution < 1.29 is 0 Å². The molecule has 110 valence electrons. The molecule has 0 saturated carbocycles. The number of hydrogen-bond acceptors (Lipinski definition) is 2. The molecular weight excluding hydrogens is 280 g/mol. The number of hydrogen-bond donors (Lipinski definition) is 1. The first-order chi connectivity index (χ1) is 10.3. The minimum atomic E-state index is 0.846. The summed E-state index contributed by atoms with van der Waals surface area (Å²) < 4.78 is 0. The lowest BCUT2D eigenvalue weighted by Crippen LogP contribution is -2.16. The van der Waals surface area contributed by atoms with Crippen LogP contribution in [0.3, 0.4) is 0 Å². The van der Waals surface area contributed by atoms with E-state index in [0.29, 0.717) is 0 Å². The third-order valence-electron chi connectivity index (χ3n) is 3.95. The Hall–Kier alpha value is -1.51. The SMILES string of the molecule is CCCNCc1ccc(N2Cc3ccccc3C2)c(Cl)c1. The summed E-state index contributed by atoms with van der Waals surface area (Å²) in [5, 5.41) is 4.26. The van der Waals surface area contributed by atoms with Gasteiger partial charge in [-0.1, -0.05) is 48.9 Å². The van der Waals surface area contributed by atoms with Gasteiger partial charge >= 0.3 is 0 Å². The van der Waals surface area contributed by atoms with Gasteiger partial charge in [-0.25, -0.2) is 0 Å². The molecule has 0 amide bonds. The molecule has 0 radical (unpaired) electrons. The second-order valence-corrected chi connectivity index (χ2v) is 5.99. The Morgan fingerprint density at radius 3 is 2.43 bits per heavy atom.